The average Bonchev–Trinajstić information content (AvgIpc) is 2.81. The van der Waals surface area contributed by atoms with Gasteiger partial charge in [-0.25, -0.2) is 0 Å². The molecule has 28 heavy (non-hydrogen) atoms. The lowest BCUT2D eigenvalue weighted by Crippen LogP contribution is -2.41. The zero-order valence-electron chi connectivity index (χ0n) is 18.0. The van der Waals surface area contributed by atoms with Crippen molar-refractivity contribution >= 4 is 37.5 Å². The van der Waals surface area contributed by atoms with Gasteiger partial charge in [0.25, 0.3) is 0 Å². The van der Waals surface area contributed by atoms with E-state index in [9.17, 15) is 0 Å². The summed E-state index contributed by atoms with van der Waals surface area (Å²) in [5.74, 6) is 0. The Bertz CT molecular complexity index is 852. The summed E-state index contributed by atoms with van der Waals surface area (Å²) < 4.78 is 13.0. The molecule has 2 nitrogen and oxygen atoms in total. The molecule has 0 aliphatic carbocycles. The van der Waals surface area contributed by atoms with Gasteiger partial charge in [-0.1, -0.05) is 78.9 Å². The van der Waals surface area contributed by atoms with Crippen LogP contribution in [0, 0.1) is 0 Å². The van der Waals surface area contributed by atoms with Gasteiger partial charge in [0, 0.05) is 5.02 Å². The van der Waals surface area contributed by atoms with Crippen molar-refractivity contribution < 1.29 is 9.31 Å². The standard InChI is InChI=1S/C23H30BClO2Si/c1-22(2)23(3,4)27-24(26-22)20(17-11-9-8-10-12-17)21(28(5,6)7)18-13-15-19(25)16-14-18/h8-16H,1-7H3/b21-20-. The van der Waals surface area contributed by atoms with Crippen LogP contribution >= 0.6 is 11.6 Å². The third kappa shape index (κ3) is 4.16. The van der Waals surface area contributed by atoms with Gasteiger partial charge in [0.2, 0.25) is 0 Å². The molecule has 0 amide bonds. The zero-order valence-corrected chi connectivity index (χ0v) is 19.7. The van der Waals surface area contributed by atoms with Crippen LogP contribution in [0.2, 0.25) is 24.7 Å². The first kappa shape index (κ1) is 21.4. The Labute approximate surface area is 176 Å². The highest BCUT2D eigenvalue weighted by Gasteiger charge is 2.53. The summed E-state index contributed by atoms with van der Waals surface area (Å²) in [6.45, 7) is 15.5. The van der Waals surface area contributed by atoms with Crippen molar-refractivity contribution in [2.45, 2.75) is 58.5 Å². The summed E-state index contributed by atoms with van der Waals surface area (Å²) in [5.41, 5.74) is 2.70. The van der Waals surface area contributed by atoms with E-state index in [0.29, 0.717) is 0 Å². The highest BCUT2D eigenvalue weighted by atomic mass is 35.5. The van der Waals surface area contributed by atoms with E-state index < -0.39 is 15.2 Å². The van der Waals surface area contributed by atoms with Crippen molar-refractivity contribution in [2.24, 2.45) is 0 Å². The van der Waals surface area contributed by atoms with Crippen LogP contribution in [-0.2, 0) is 9.31 Å². The topological polar surface area (TPSA) is 18.5 Å². The van der Waals surface area contributed by atoms with Crippen LogP contribution in [0.1, 0.15) is 38.8 Å². The molecular weight excluding hydrogens is 383 g/mol. The zero-order chi connectivity index (χ0) is 20.7. The van der Waals surface area contributed by atoms with E-state index in [0.717, 1.165) is 16.1 Å². The van der Waals surface area contributed by atoms with Crippen molar-refractivity contribution in [3.05, 3.63) is 70.7 Å². The molecule has 0 aromatic heterocycles. The first-order valence-electron chi connectivity index (χ1n) is 9.84. The monoisotopic (exact) mass is 412 g/mol. The second-order valence-corrected chi connectivity index (χ2v) is 14.9. The summed E-state index contributed by atoms with van der Waals surface area (Å²) in [6.07, 6.45) is 0. The van der Waals surface area contributed by atoms with Gasteiger partial charge < -0.3 is 9.31 Å². The Hall–Kier alpha value is -1.33. The maximum absolute atomic E-state index is 6.52. The van der Waals surface area contributed by atoms with Crippen LogP contribution in [0.15, 0.2) is 54.6 Å². The number of hydrogen-bond acceptors (Lipinski definition) is 2. The van der Waals surface area contributed by atoms with Crippen LogP contribution in [0.5, 0.6) is 0 Å². The molecule has 2 aromatic rings. The summed E-state index contributed by atoms with van der Waals surface area (Å²) >= 11 is 6.17. The molecule has 1 aliphatic heterocycles. The lowest BCUT2D eigenvalue weighted by molar-refractivity contribution is 0.00578. The minimum atomic E-state index is -1.77. The minimum Gasteiger partial charge on any atom is -0.399 e. The predicted octanol–water partition coefficient (Wildman–Crippen LogP) is 6.76. The maximum atomic E-state index is 6.52. The Morgan fingerprint density at radius 2 is 1.29 bits per heavy atom. The van der Waals surface area contributed by atoms with Gasteiger partial charge >= 0.3 is 7.12 Å². The SMILES string of the molecule is CC1(C)OB(/C(=C(/c2ccc(Cl)cc2)[Si](C)(C)C)c2ccccc2)OC1(C)C. The summed E-state index contributed by atoms with van der Waals surface area (Å²) in [4.78, 5) is 0. The summed E-state index contributed by atoms with van der Waals surface area (Å²) in [6, 6.07) is 18.6. The van der Waals surface area contributed by atoms with Gasteiger partial charge in [-0.3, -0.25) is 0 Å². The molecule has 0 N–H and O–H groups in total. The Kier molecular flexibility index (Phi) is 5.72. The molecule has 1 saturated heterocycles. The summed E-state index contributed by atoms with van der Waals surface area (Å²) in [5, 5.41) is 2.09. The van der Waals surface area contributed by atoms with E-state index in [1.54, 1.807) is 0 Å². The van der Waals surface area contributed by atoms with E-state index in [4.69, 9.17) is 20.9 Å². The normalized spacial score (nSPS) is 19.5. The van der Waals surface area contributed by atoms with Crippen LogP contribution in [0.4, 0.5) is 0 Å². The molecule has 5 heteroatoms. The van der Waals surface area contributed by atoms with Crippen molar-refractivity contribution in [3.8, 4) is 0 Å². The van der Waals surface area contributed by atoms with Gasteiger partial charge in [-0.2, -0.15) is 0 Å². The fourth-order valence-electron chi connectivity index (χ4n) is 3.59. The predicted molar refractivity (Wildman–Crippen MR) is 124 cm³/mol. The van der Waals surface area contributed by atoms with Crippen LogP contribution < -0.4 is 0 Å². The fourth-order valence-corrected chi connectivity index (χ4v) is 5.81. The van der Waals surface area contributed by atoms with Crippen molar-refractivity contribution in [3.63, 3.8) is 0 Å². The average molecular weight is 413 g/mol. The molecule has 0 saturated carbocycles. The molecule has 0 radical (unpaired) electrons. The van der Waals surface area contributed by atoms with Gasteiger partial charge in [-0.15, -0.1) is 0 Å². The molecule has 1 fully saturated rings. The van der Waals surface area contributed by atoms with Crippen molar-refractivity contribution in [1.82, 2.24) is 0 Å². The highest BCUT2D eigenvalue weighted by molar-refractivity contribution is 6.98. The molecule has 2 aromatic carbocycles. The third-order valence-electron chi connectivity index (χ3n) is 5.73. The lowest BCUT2D eigenvalue weighted by Gasteiger charge is -2.32. The van der Waals surface area contributed by atoms with Gasteiger partial charge in [-0.05, 0) is 56.4 Å². The minimum absolute atomic E-state index is 0.387. The number of hydrogen-bond donors (Lipinski definition) is 0. The number of rotatable bonds is 4. The second-order valence-electron chi connectivity index (χ2n) is 9.50. The molecule has 1 heterocycles. The highest BCUT2D eigenvalue weighted by Crippen LogP contribution is 2.44. The van der Waals surface area contributed by atoms with Gasteiger partial charge in [0.1, 0.15) is 0 Å². The molecule has 1 aliphatic rings. The lowest BCUT2D eigenvalue weighted by atomic mass is 9.73. The molecular formula is C23H30BClO2Si. The van der Waals surface area contributed by atoms with Crippen LogP contribution in [0.25, 0.3) is 10.7 Å². The Balaban J connectivity index is 2.28. The Morgan fingerprint density at radius 1 is 0.786 bits per heavy atom. The van der Waals surface area contributed by atoms with Crippen LogP contribution in [0.3, 0.4) is 0 Å². The van der Waals surface area contributed by atoms with E-state index >= 15 is 0 Å². The van der Waals surface area contributed by atoms with E-state index in [2.05, 4.69) is 83.7 Å². The quantitative estimate of drug-likeness (QED) is 0.408. The van der Waals surface area contributed by atoms with Gasteiger partial charge in [0.05, 0.1) is 19.3 Å². The molecule has 148 valence electrons. The molecule has 0 bridgehead atoms. The summed E-state index contributed by atoms with van der Waals surface area (Å²) in [7, 11) is -2.19. The van der Waals surface area contributed by atoms with Crippen molar-refractivity contribution in [1.29, 1.82) is 0 Å². The molecule has 0 unspecified atom stereocenters. The smallest absolute Gasteiger partial charge is 0.399 e. The third-order valence-corrected chi connectivity index (χ3v) is 8.04. The molecule has 0 spiro atoms. The maximum Gasteiger partial charge on any atom is 0.495 e. The second kappa shape index (κ2) is 7.49. The molecule has 3 rings (SSSR count). The Morgan fingerprint density at radius 3 is 1.75 bits per heavy atom. The van der Waals surface area contributed by atoms with Crippen molar-refractivity contribution in [2.75, 3.05) is 0 Å². The van der Waals surface area contributed by atoms with E-state index in [-0.39, 0.29) is 11.2 Å². The number of halogens is 1. The fraction of sp³-hybridized carbons (Fsp3) is 0.391. The first-order chi connectivity index (χ1) is 12.9. The van der Waals surface area contributed by atoms with Crippen LogP contribution in [-0.4, -0.2) is 26.4 Å². The largest absolute Gasteiger partial charge is 0.495 e. The number of benzene rings is 2. The van der Waals surface area contributed by atoms with Gasteiger partial charge in [0.15, 0.2) is 0 Å². The molecule has 0 atom stereocenters. The van der Waals surface area contributed by atoms with E-state index in [1.807, 2.05) is 18.2 Å². The van der Waals surface area contributed by atoms with E-state index in [1.165, 1.54) is 10.8 Å². The first-order valence-corrected chi connectivity index (χ1v) is 13.7.